The van der Waals surface area contributed by atoms with E-state index in [2.05, 4.69) is 5.10 Å². The smallest absolute Gasteiger partial charge is 0.276 e. The highest BCUT2D eigenvalue weighted by Gasteiger charge is 2.16. The van der Waals surface area contributed by atoms with Crippen LogP contribution in [-0.2, 0) is 10.0 Å². The Morgan fingerprint density at radius 1 is 1.20 bits per heavy atom. The second-order valence-corrected chi connectivity index (χ2v) is 6.62. The minimum absolute atomic E-state index is 0.136. The van der Waals surface area contributed by atoms with Crippen molar-refractivity contribution in [1.82, 2.24) is 4.83 Å². The number of aromatic hydroxyl groups is 2. The van der Waals surface area contributed by atoms with Crippen LogP contribution in [0.3, 0.4) is 0 Å². The number of nitrogens with zero attached hydrogens (tertiary/aromatic N) is 2. The lowest BCUT2D eigenvalue weighted by Crippen LogP contribution is -2.20. The van der Waals surface area contributed by atoms with Gasteiger partial charge in [-0.15, -0.1) is 0 Å². The van der Waals surface area contributed by atoms with Gasteiger partial charge in [-0.3, -0.25) is 10.1 Å². The van der Waals surface area contributed by atoms with Crippen molar-refractivity contribution in [1.29, 1.82) is 0 Å². The van der Waals surface area contributed by atoms with Crippen molar-refractivity contribution in [2.24, 2.45) is 5.10 Å². The molecule has 0 aliphatic heterocycles. The summed E-state index contributed by atoms with van der Waals surface area (Å²) >= 11 is 0. The summed E-state index contributed by atoms with van der Waals surface area (Å²) in [4.78, 5) is 11.8. The minimum Gasteiger partial charge on any atom is -0.508 e. The normalized spacial score (nSPS) is 12.0. The fraction of sp³-hybridized carbons (Fsp3) is 0.133. The average Bonchev–Trinajstić information content (AvgIpc) is 2.57. The van der Waals surface area contributed by atoms with Crippen molar-refractivity contribution in [3.05, 3.63) is 58.1 Å². The maximum absolute atomic E-state index is 12.2. The zero-order chi connectivity index (χ0) is 18.6. The molecule has 10 heteroatoms. The number of hydrogen-bond donors (Lipinski definition) is 3. The Morgan fingerprint density at radius 2 is 1.84 bits per heavy atom. The molecule has 0 aromatic heterocycles. The summed E-state index contributed by atoms with van der Waals surface area (Å²) in [6, 6.07) is 8.21. The second-order valence-electron chi connectivity index (χ2n) is 4.96. The van der Waals surface area contributed by atoms with Crippen LogP contribution in [0.15, 0.2) is 52.5 Å². The maximum atomic E-state index is 12.2. The Labute approximate surface area is 143 Å². The number of phenols is 2. The highest BCUT2D eigenvalue weighted by Crippen LogP contribution is 2.24. The Bertz CT molecular complexity index is 923. The molecule has 0 spiro atoms. The van der Waals surface area contributed by atoms with Crippen LogP contribution in [0.5, 0.6) is 11.5 Å². The van der Waals surface area contributed by atoms with Gasteiger partial charge in [-0.1, -0.05) is 6.92 Å². The van der Waals surface area contributed by atoms with Crippen LogP contribution >= 0.6 is 0 Å². The molecule has 0 amide bonds. The van der Waals surface area contributed by atoms with Crippen LogP contribution in [0.1, 0.15) is 18.9 Å². The first kappa shape index (κ1) is 18.2. The third-order valence-corrected chi connectivity index (χ3v) is 4.51. The zero-order valence-corrected chi connectivity index (χ0v) is 13.9. The van der Waals surface area contributed by atoms with Gasteiger partial charge in [0.05, 0.1) is 15.5 Å². The van der Waals surface area contributed by atoms with E-state index in [9.17, 15) is 28.7 Å². The van der Waals surface area contributed by atoms with Crippen LogP contribution in [0.2, 0.25) is 0 Å². The van der Waals surface area contributed by atoms with Gasteiger partial charge in [0, 0.05) is 23.8 Å². The van der Waals surface area contributed by atoms with Gasteiger partial charge in [-0.25, -0.2) is 0 Å². The topological polar surface area (TPSA) is 142 Å². The summed E-state index contributed by atoms with van der Waals surface area (Å²) < 4.78 is 24.4. The number of non-ortho nitro benzene ring substituents is 1. The molecular formula is C15H15N3O6S. The van der Waals surface area contributed by atoms with E-state index in [0.29, 0.717) is 6.42 Å². The van der Waals surface area contributed by atoms with E-state index in [1.165, 1.54) is 12.1 Å². The van der Waals surface area contributed by atoms with E-state index in [-0.39, 0.29) is 33.4 Å². The third-order valence-electron chi connectivity index (χ3n) is 3.29. The van der Waals surface area contributed by atoms with Crippen molar-refractivity contribution < 1.29 is 23.6 Å². The summed E-state index contributed by atoms with van der Waals surface area (Å²) in [6.45, 7) is 1.71. The first-order valence-corrected chi connectivity index (χ1v) is 8.58. The zero-order valence-electron chi connectivity index (χ0n) is 13.1. The molecule has 0 fully saturated rings. The van der Waals surface area contributed by atoms with Gasteiger partial charge in [-0.2, -0.15) is 18.4 Å². The van der Waals surface area contributed by atoms with E-state index < -0.39 is 14.9 Å². The van der Waals surface area contributed by atoms with Gasteiger partial charge < -0.3 is 10.2 Å². The molecule has 0 unspecified atom stereocenters. The Hall–Kier alpha value is -3.14. The second kappa shape index (κ2) is 7.18. The van der Waals surface area contributed by atoms with Crippen molar-refractivity contribution in [3.8, 4) is 11.5 Å². The van der Waals surface area contributed by atoms with Crippen LogP contribution in [0.25, 0.3) is 0 Å². The van der Waals surface area contributed by atoms with E-state index in [0.717, 1.165) is 30.3 Å². The number of rotatable bonds is 6. The van der Waals surface area contributed by atoms with Crippen LogP contribution in [0, 0.1) is 10.1 Å². The number of nitro benzene ring substituents is 1. The monoisotopic (exact) mass is 365 g/mol. The molecule has 2 aromatic carbocycles. The van der Waals surface area contributed by atoms with E-state index >= 15 is 0 Å². The number of sulfonamides is 1. The predicted molar refractivity (Wildman–Crippen MR) is 90.0 cm³/mol. The third kappa shape index (κ3) is 4.23. The van der Waals surface area contributed by atoms with Gasteiger partial charge in [0.2, 0.25) is 0 Å². The molecule has 0 radical (unpaired) electrons. The molecule has 9 nitrogen and oxygen atoms in total. The standard InChI is InChI=1S/C15H15N3O6S/c1-2-14(13-8-5-11(19)9-15(13)20)16-17-25(23,24)12-6-3-10(4-7-12)18(21)22/h3-9,17,19-20H,2H2,1H3/b16-14-. The number of nitrogens with one attached hydrogen (secondary N) is 1. The first-order valence-electron chi connectivity index (χ1n) is 7.09. The molecule has 0 aliphatic rings. The molecule has 0 heterocycles. The molecule has 25 heavy (non-hydrogen) atoms. The van der Waals surface area contributed by atoms with E-state index in [1.54, 1.807) is 6.92 Å². The molecule has 0 saturated carbocycles. The minimum atomic E-state index is -4.03. The molecule has 132 valence electrons. The fourth-order valence-corrected chi connectivity index (χ4v) is 2.84. The summed E-state index contributed by atoms with van der Waals surface area (Å²) in [7, 11) is -4.03. The molecule has 0 atom stereocenters. The lowest BCUT2D eigenvalue weighted by Gasteiger charge is -2.09. The van der Waals surface area contributed by atoms with E-state index in [4.69, 9.17) is 0 Å². The Kier molecular flexibility index (Phi) is 5.22. The Morgan fingerprint density at radius 3 is 2.36 bits per heavy atom. The number of hydrogen-bond acceptors (Lipinski definition) is 7. The quantitative estimate of drug-likeness (QED) is 0.406. The van der Waals surface area contributed by atoms with Gasteiger partial charge in [-0.05, 0) is 30.7 Å². The van der Waals surface area contributed by atoms with Crippen molar-refractivity contribution in [2.45, 2.75) is 18.2 Å². The maximum Gasteiger partial charge on any atom is 0.276 e. The van der Waals surface area contributed by atoms with Crippen LogP contribution in [-0.4, -0.2) is 29.3 Å². The van der Waals surface area contributed by atoms with Crippen molar-refractivity contribution in [3.63, 3.8) is 0 Å². The molecular weight excluding hydrogens is 350 g/mol. The van der Waals surface area contributed by atoms with Gasteiger partial charge in [0.15, 0.2) is 0 Å². The highest BCUT2D eigenvalue weighted by atomic mass is 32.2. The lowest BCUT2D eigenvalue weighted by atomic mass is 10.1. The summed E-state index contributed by atoms with van der Waals surface area (Å²) in [5.41, 5.74) is 0.292. The molecule has 0 bridgehead atoms. The van der Waals surface area contributed by atoms with Crippen molar-refractivity contribution >= 4 is 21.4 Å². The SMILES string of the molecule is CC/C(=N/NS(=O)(=O)c1ccc([N+](=O)[O-])cc1)c1ccc(O)cc1O. The first-order chi connectivity index (χ1) is 11.7. The van der Waals surface area contributed by atoms with Gasteiger partial charge in [0.1, 0.15) is 11.5 Å². The Balaban J connectivity index is 2.29. The summed E-state index contributed by atoms with van der Waals surface area (Å²) in [5.74, 6) is -0.377. The predicted octanol–water partition coefficient (Wildman–Crippen LogP) is 2.10. The van der Waals surface area contributed by atoms with Crippen LogP contribution < -0.4 is 4.83 Å². The molecule has 2 aromatic rings. The van der Waals surface area contributed by atoms with Gasteiger partial charge >= 0.3 is 0 Å². The molecule has 3 N–H and O–H groups in total. The molecule has 0 aliphatic carbocycles. The number of nitro groups is 1. The van der Waals surface area contributed by atoms with Crippen molar-refractivity contribution in [2.75, 3.05) is 0 Å². The highest BCUT2D eigenvalue weighted by molar-refractivity contribution is 7.89. The fourth-order valence-electron chi connectivity index (χ4n) is 2.01. The summed E-state index contributed by atoms with van der Waals surface area (Å²) in [5, 5.41) is 33.6. The van der Waals surface area contributed by atoms with Gasteiger partial charge in [0.25, 0.3) is 15.7 Å². The van der Waals surface area contributed by atoms with Crippen LogP contribution in [0.4, 0.5) is 5.69 Å². The molecule has 0 saturated heterocycles. The lowest BCUT2D eigenvalue weighted by molar-refractivity contribution is -0.384. The number of phenolic OH excluding ortho intramolecular Hbond substituents is 2. The van der Waals surface area contributed by atoms with E-state index in [1.807, 2.05) is 4.83 Å². The average molecular weight is 365 g/mol. The number of benzene rings is 2. The largest absolute Gasteiger partial charge is 0.508 e. The molecule has 2 rings (SSSR count). The summed E-state index contributed by atoms with van der Waals surface area (Å²) in [6.07, 6.45) is 0.307. The number of hydrazone groups is 1.